The zero-order valence-corrected chi connectivity index (χ0v) is 14.5. The third-order valence-electron chi connectivity index (χ3n) is 4.02. The predicted molar refractivity (Wildman–Crippen MR) is 96.4 cm³/mol. The van der Waals surface area contributed by atoms with Crippen molar-refractivity contribution in [3.8, 4) is 0 Å². The molecule has 0 atom stereocenters. The summed E-state index contributed by atoms with van der Waals surface area (Å²) in [5.74, 6) is 0. The summed E-state index contributed by atoms with van der Waals surface area (Å²) in [5.41, 5.74) is 2.69. The Morgan fingerprint density at radius 3 is 2.73 bits per heavy atom. The van der Waals surface area contributed by atoms with E-state index < -0.39 is 0 Å². The van der Waals surface area contributed by atoms with Crippen LogP contribution in [0.4, 0.5) is 5.69 Å². The smallest absolute Gasteiger partial charge is 0.169 e. The van der Waals surface area contributed by atoms with E-state index in [-0.39, 0.29) is 0 Å². The van der Waals surface area contributed by atoms with Crippen molar-refractivity contribution in [2.75, 3.05) is 45.3 Å². The van der Waals surface area contributed by atoms with E-state index in [0.717, 1.165) is 31.3 Å². The second-order valence-corrected chi connectivity index (χ2v) is 6.14. The predicted octanol–water partition coefficient (Wildman–Crippen LogP) is 2.63. The second-order valence-electron chi connectivity index (χ2n) is 5.76. The number of rotatable bonds is 6. The van der Waals surface area contributed by atoms with Crippen LogP contribution in [0.3, 0.4) is 0 Å². The van der Waals surface area contributed by atoms with Crippen LogP contribution in [0.15, 0.2) is 24.3 Å². The molecule has 0 aliphatic carbocycles. The first-order valence-electron chi connectivity index (χ1n) is 8.03. The molecule has 0 aromatic heterocycles. The highest BCUT2D eigenvalue weighted by Crippen LogP contribution is 2.25. The lowest BCUT2D eigenvalue weighted by atomic mass is 10.1. The molecule has 1 aromatic carbocycles. The minimum Gasteiger partial charge on any atom is -0.383 e. The van der Waals surface area contributed by atoms with Crippen molar-refractivity contribution in [3.05, 3.63) is 29.8 Å². The molecule has 2 rings (SSSR count). The van der Waals surface area contributed by atoms with Gasteiger partial charge in [-0.1, -0.05) is 18.2 Å². The quantitative estimate of drug-likeness (QED) is 0.642. The highest BCUT2D eigenvalue weighted by molar-refractivity contribution is 7.80. The fourth-order valence-corrected chi connectivity index (χ4v) is 2.98. The molecule has 122 valence electrons. The number of para-hydroxylation sites is 1. The largest absolute Gasteiger partial charge is 0.383 e. The molecule has 0 spiro atoms. The Hall–Kier alpha value is -1.33. The molecule has 22 heavy (non-hydrogen) atoms. The number of nitrogens with one attached hydrogen (secondary N) is 1. The maximum Gasteiger partial charge on any atom is 0.169 e. The Balaban J connectivity index is 1.98. The van der Waals surface area contributed by atoms with Gasteiger partial charge in [-0.15, -0.1) is 0 Å². The number of nitrogens with zero attached hydrogens (tertiary/aromatic N) is 2. The van der Waals surface area contributed by atoms with Crippen LogP contribution < -0.4 is 10.2 Å². The highest BCUT2D eigenvalue weighted by Gasteiger charge is 2.15. The molecule has 0 radical (unpaired) electrons. The first kappa shape index (κ1) is 17.0. The van der Waals surface area contributed by atoms with E-state index in [1.807, 2.05) is 7.05 Å². The van der Waals surface area contributed by atoms with Gasteiger partial charge in [0.1, 0.15) is 0 Å². The van der Waals surface area contributed by atoms with Crippen LogP contribution >= 0.6 is 12.2 Å². The average Bonchev–Trinajstić information content (AvgIpc) is 2.56. The lowest BCUT2D eigenvalue weighted by Crippen LogP contribution is -2.38. The number of thiocarbonyl (C=S) groups is 1. The maximum atomic E-state index is 5.43. The fourth-order valence-electron chi connectivity index (χ4n) is 2.81. The number of benzene rings is 1. The number of methoxy groups -OCH3 is 1. The Kier molecular flexibility index (Phi) is 6.93. The molecule has 1 fully saturated rings. The fraction of sp³-hybridized carbons (Fsp3) is 0.588. The van der Waals surface area contributed by atoms with E-state index in [4.69, 9.17) is 17.0 Å². The highest BCUT2D eigenvalue weighted by atomic mass is 32.1. The van der Waals surface area contributed by atoms with Crippen LogP contribution in [0.2, 0.25) is 0 Å². The van der Waals surface area contributed by atoms with Crippen molar-refractivity contribution in [3.63, 3.8) is 0 Å². The molecule has 0 bridgehead atoms. The molecule has 1 N–H and O–H groups in total. The Morgan fingerprint density at radius 2 is 2.00 bits per heavy atom. The van der Waals surface area contributed by atoms with Gasteiger partial charge >= 0.3 is 0 Å². The molecule has 4 nitrogen and oxygen atoms in total. The van der Waals surface area contributed by atoms with E-state index in [1.165, 1.54) is 30.5 Å². The van der Waals surface area contributed by atoms with Crippen LogP contribution in [0.1, 0.15) is 24.8 Å². The van der Waals surface area contributed by atoms with Gasteiger partial charge in [-0.3, -0.25) is 0 Å². The first-order valence-corrected chi connectivity index (χ1v) is 8.44. The Bertz CT molecular complexity index is 475. The minimum atomic E-state index is 0.665. The second kappa shape index (κ2) is 8.96. The van der Waals surface area contributed by atoms with Gasteiger partial charge in [0.2, 0.25) is 0 Å². The van der Waals surface area contributed by atoms with Crippen LogP contribution in [-0.2, 0) is 11.3 Å². The van der Waals surface area contributed by atoms with Crippen molar-refractivity contribution in [2.45, 2.75) is 25.8 Å². The van der Waals surface area contributed by atoms with Crippen LogP contribution in [0, 0.1) is 0 Å². The Morgan fingerprint density at radius 1 is 1.27 bits per heavy atom. The summed E-state index contributed by atoms with van der Waals surface area (Å²) in [4.78, 5) is 4.60. The van der Waals surface area contributed by atoms with Crippen LogP contribution in [0.5, 0.6) is 0 Å². The Labute approximate surface area is 139 Å². The lowest BCUT2D eigenvalue weighted by Gasteiger charge is -2.32. The summed E-state index contributed by atoms with van der Waals surface area (Å²) in [6.07, 6.45) is 3.94. The number of ether oxygens (including phenoxy) is 1. The maximum absolute atomic E-state index is 5.43. The number of hydrogen-bond acceptors (Lipinski definition) is 3. The summed E-state index contributed by atoms with van der Waals surface area (Å²) >= 11 is 5.43. The van der Waals surface area contributed by atoms with E-state index >= 15 is 0 Å². The summed E-state index contributed by atoms with van der Waals surface area (Å²) in [6, 6.07) is 8.68. The molecular weight excluding hydrogens is 294 g/mol. The monoisotopic (exact) mass is 321 g/mol. The van der Waals surface area contributed by atoms with E-state index in [1.54, 1.807) is 7.11 Å². The molecule has 1 aliphatic rings. The molecule has 0 unspecified atom stereocenters. The molecule has 1 heterocycles. The van der Waals surface area contributed by atoms with Crippen molar-refractivity contribution < 1.29 is 4.74 Å². The standard InChI is InChI=1S/C17H27N3OS/c1-19(17(22)18-10-13-21-2)14-15-8-4-5-9-16(15)20-11-6-3-7-12-20/h4-5,8-9H,3,6-7,10-14H2,1-2H3,(H,18,22). The van der Waals surface area contributed by atoms with Gasteiger partial charge in [0.25, 0.3) is 0 Å². The van der Waals surface area contributed by atoms with Crippen molar-refractivity contribution in [1.29, 1.82) is 0 Å². The third kappa shape index (κ3) is 4.85. The molecule has 1 aliphatic heterocycles. The summed E-state index contributed by atoms with van der Waals surface area (Å²) in [5, 5.41) is 3.99. The van der Waals surface area contributed by atoms with Crippen molar-refractivity contribution >= 4 is 23.0 Å². The average molecular weight is 321 g/mol. The van der Waals surface area contributed by atoms with E-state index in [2.05, 4.69) is 39.4 Å². The van der Waals surface area contributed by atoms with Gasteiger partial charge < -0.3 is 19.9 Å². The topological polar surface area (TPSA) is 27.7 Å². The number of anilines is 1. The van der Waals surface area contributed by atoms with Crippen LogP contribution in [0.25, 0.3) is 0 Å². The van der Waals surface area contributed by atoms with Crippen molar-refractivity contribution in [2.24, 2.45) is 0 Å². The SMILES string of the molecule is COCCNC(=S)N(C)Cc1ccccc1N1CCCCC1. The molecular formula is C17H27N3OS. The molecule has 1 aromatic rings. The zero-order chi connectivity index (χ0) is 15.8. The van der Waals surface area contributed by atoms with E-state index in [0.29, 0.717) is 6.61 Å². The zero-order valence-electron chi connectivity index (χ0n) is 13.7. The van der Waals surface area contributed by atoms with Gasteiger partial charge in [0.05, 0.1) is 6.61 Å². The summed E-state index contributed by atoms with van der Waals surface area (Å²) in [6.45, 7) is 4.56. The van der Waals surface area contributed by atoms with Gasteiger partial charge in [0.15, 0.2) is 5.11 Å². The minimum absolute atomic E-state index is 0.665. The van der Waals surface area contributed by atoms with E-state index in [9.17, 15) is 0 Å². The summed E-state index contributed by atoms with van der Waals surface area (Å²) < 4.78 is 5.04. The number of hydrogen-bond donors (Lipinski definition) is 1. The van der Waals surface area contributed by atoms with Crippen LogP contribution in [-0.4, -0.2) is 50.4 Å². The summed E-state index contributed by atoms with van der Waals surface area (Å²) in [7, 11) is 3.73. The number of piperidine rings is 1. The normalized spacial score (nSPS) is 14.7. The van der Waals surface area contributed by atoms with Gasteiger partial charge in [-0.05, 0) is 43.1 Å². The molecule has 0 saturated carbocycles. The third-order valence-corrected chi connectivity index (χ3v) is 4.48. The molecule has 1 saturated heterocycles. The van der Waals surface area contributed by atoms with Gasteiger partial charge in [-0.25, -0.2) is 0 Å². The first-order chi connectivity index (χ1) is 10.7. The molecule has 0 amide bonds. The molecule has 5 heteroatoms. The van der Waals surface area contributed by atoms with Crippen molar-refractivity contribution in [1.82, 2.24) is 10.2 Å². The lowest BCUT2D eigenvalue weighted by molar-refractivity contribution is 0.203. The van der Waals surface area contributed by atoms with Gasteiger partial charge in [0, 0.05) is 46.0 Å². The van der Waals surface area contributed by atoms with Gasteiger partial charge in [-0.2, -0.15) is 0 Å².